The smallest absolute Gasteiger partial charge is 0.178 e. The maximum atomic E-state index is 11.8. The van der Waals surface area contributed by atoms with Crippen LogP contribution in [-0.4, -0.2) is 18.0 Å². The van der Waals surface area contributed by atoms with Crippen LogP contribution in [0.25, 0.3) is 6.08 Å². The molecule has 0 saturated carbocycles. The molecule has 0 aliphatic rings. The Morgan fingerprint density at radius 2 is 1.79 bits per heavy atom. The molecule has 1 aromatic rings. The molecule has 0 aliphatic carbocycles. The van der Waals surface area contributed by atoms with E-state index in [4.69, 9.17) is 4.74 Å². The number of unbranched alkanes of at least 4 members (excludes halogenated alkanes) is 7. The zero-order valence-corrected chi connectivity index (χ0v) is 15.0. The van der Waals surface area contributed by atoms with Crippen LogP contribution in [0.1, 0.15) is 63.9 Å². The molecule has 132 valence electrons. The standard InChI is InChI=1S/C21H30O3/c1-3-4-5-6-7-8-9-10-11-12-19(22)15-13-18-14-16-20(23)21(17-18)24-2/h11-17,23H,3-10H2,1-2H3. The van der Waals surface area contributed by atoms with Gasteiger partial charge in [0.2, 0.25) is 0 Å². The van der Waals surface area contributed by atoms with Gasteiger partial charge in [0, 0.05) is 0 Å². The SMILES string of the molecule is CCCCCCCCCC=CC(=O)C=Cc1ccc(O)c(OC)c1. The van der Waals surface area contributed by atoms with Gasteiger partial charge in [-0.1, -0.05) is 63.7 Å². The van der Waals surface area contributed by atoms with Crippen LogP contribution in [-0.2, 0) is 4.79 Å². The average Bonchev–Trinajstić information content (AvgIpc) is 2.59. The van der Waals surface area contributed by atoms with Crippen molar-refractivity contribution in [2.24, 2.45) is 0 Å². The van der Waals surface area contributed by atoms with Crippen molar-refractivity contribution in [1.29, 1.82) is 0 Å². The van der Waals surface area contributed by atoms with Gasteiger partial charge in [-0.2, -0.15) is 0 Å². The van der Waals surface area contributed by atoms with Crippen LogP contribution in [0.4, 0.5) is 0 Å². The number of methoxy groups -OCH3 is 1. The molecule has 3 heteroatoms. The maximum Gasteiger partial charge on any atom is 0.178 e. The number of benzene rings is 1. The molecule has 0 aromatic heterocycles. The molecule has 0 radical (unpaired) electrons. The Morgan fingerprint density at radius 3 is 2.50 bits per heavy atom. The van der Waals surface area contributed by atoms with Crippen LogP contribution >= 0.6 is 0 Å². The molecule has 0 bridgehead atoms. The second-order valence-electron chi connectivity index (χ2n) is 5.98. The van der Waals surface area contributed by atoms with Gasteiger partial charge in [0.15, 0.2) is 17.3 Å². The first-order valence-electron chi connectivity index (χ1n) is 8.93. The Bertz CT molecular complexity index is 544. The minimum absolute atomic E-state index is 0.0232. The highest BCUT2D eigenvalue weighted by molar-refractivity contribution is 6.01. The topological polar surface area (TPSA) is 46.5 Å². The van der Waals surface area contributed by atoms with Gasteiger partial charge in [-0.15, -0.1) is 0 Å². The second kappa shape index (κ2) is 12.4. The number of allylic oxidation sites excluding steroid dienone is 3. The first-order valence-corrected chi connectivity index (χ1v) is 8.93. The van der Waals surface area contributed by atoms with Crippen LogP contribution in [0.3, 0.4) is 0 Å². The first kappa shape index (κ1) is 20.0. The van der Waals surface area contributed by atoms with Gasteiger partial charge in [-0.3, -0.25) is 4.79 Å². The molecule has 1 rings (SSSR count). The molecule has 0 atom stereocenters. The van der Waals surface area contributed by atoms with Crippen molar-refractivity contribution in [3.8, 4) is 11.5 Å². The van der Waals surface area contributed by atoms with Crippen molar-refractivity contribution in [2.75, 3.05) is 7.11 Å². The fourth-order valence-corrected chi connectivity index (χ4v) is 2.45. The Hall–Kier alpha value is -2.03. The zero-order chi connectivity index (χ0) is 17.6. The summed E-state index contributed by atoms with van der Waals surface area (Å²) in [6.45, 7) is 2.23. The largest absolute Gasteiger partial charge is 0.504 e. The minimum atomic E-state index is -0.0232. The van der Waals surface area contributed by atoms with E-state index < -0.39 is 0 Å². The highest BCUT2D eigenvalue weighted by Crippen LogP contribution is 2.26. The van der Waals surface area contributed by atoms with Gasteiger partial charge in [-0.05, 0) is 42.7 Å². The Kier molecular flexibility index (Phi) is 10.3. The van der Waals surface area contributed by atoms with Crippen molar-refractivity contribution in [1.82, 2.24) is 0 Å². The molecule has 0 unspecified atom stereocenters. The summed E-state index contributed by atoms with van der Waals surface area (Å²) in [5.74, 6) is 0.472. The third-order valence-electron chi connectivity index (χ3n) is 3.90. The summed E-state index contributed by atoms with van der Waals surface area (Å²) in [5, 5.41) is 9.53. The summed E-state index contributed by atoms with van der Waals surface area (Å²) < 4.78 is 5.04. The van der Waals surface area contributed by atoms with Crippen LogP contribution in [0, 0.1) is 0 Å². The van der Waals surface area contributed by atoms with Crippen molar-refractivity contribution < 1.29 is 14.6 Å². The zero-order valence-electron chi connectivity index (χ0n) is 15.0. The van der Waals surface area contributed by atoms with Gasteiger partial charge < -0.3 is 9.84 Å². The van der Waals surface area contributed by atoms with Crippen molar-refractivity contribution in [2.45, 2.75) is 58.3 Å². The number of ketones is 1. The lowest BCUT2D eigenvalue weighted by molar-refractivity contribution is -0.110. The molecule has 24 heavy (non-hydrogen) atoms. The van der Waals surface area contributed by atoms with Gasteiger partial charge in [0.25, 0.3) is 0 Å². The van der Waals surface area contributed by atoms with E-state index in [9.17, 15) is 9.90 Å². The summed E-state index contributed by atoms with van der Waals surface area (Å²) in [6.07, 6.45) is 16.8. The van der Waals surface area contributed by atoms with Crippen LogP contribution in [0.2, 0.25) is 0 Å². The van der Waals surface area contributed by atoms with E-state index in [1.165, 1.54) is 51.7 Å². The predicted molar refractivity (Wildman–Crippen MR) is 100 cm³/mol. The Balaban J connectivity index is 2.25. The van der Waals surface area contributed by atoms with Crippen molar-refractivity contribution >= 4 is 11.9 Å². The highest BCUT2D eigenvalue weighted by atomic mass is 16.5. The van der Waals surface area contributed by atoms with Crippen molar-refractivity contribution in [3.05, 3.63) is 42.0 Å². The lowest BCUT2D eigenvalue weighted by Gasteiger charge is -2.03. The molecule has 0 spiro atoms. The number of carbonyl (C=O) groups excluding carboxylic acids is 1. The molecular formula is C21H30O3. The number of rotatable bonds is 12. The number of hydrogen-bond acceptors (Lipinski definition) is 3. The molecule has 3 nitrogen and oxygen atoms in total. The number of phenols is 1. The average molecular weight is 330 g/mol. The molecule has 0 amide bonds. The van der Waals surface area contributed by atoms with E-state index in [0.717, 1.165) is 18.4 Å². The molecule has 0 aliphatic heterocycles. The number of carbonyl (C=O) groups is 1. The third-order valence-corrected chi connectivity index (χ3v) is 3.90. The Morgan fingerprint density at radius 1 is 1.08 bits per heavy atom. The first-order chi connectivity index (χ1) is 11.7. The normalized spacial score (nSPS) is 11.4. The number of hydrogen-bond donors (Lipinski definition) is 1. The lowest BCUT2D eigenvalue weighted by Crippen LogP contribution is -1.87. The summed E-state index contributed by atoms with van der Waals surface area (Å²) in [4.78, 5) is 11.8. The monoisotopic (exact) mass is 330 g/mol. The summed E-state index contributed by atoms with van der Waals surface area (Å²) >= 11 is 0. The quantitative estimate of drug-likeness (QED) is 0.396. The molecule has 0 saturated heterocycles. The van der Waals surface area contributed by atoms with Crippen LogP contribution in [0.5, 0.6) is 11.5 Å². The predicted octanol–water partition coefficient (Wildman–Crippen LogP) is 5.68. The van der Waals surface area contributed by atoms with E-state index in [1.54, 1.807) is 30.4 Å². The van der Waals surface area contributed by atoms with Crippen LogP contribution < -0.4 is 4.74 Å². The molecule has 1 N–H and O–H groups in total. The molecular weight excluding hydrogens is 300 g/mol. The summed E-state index contributed by atoms with van der Waals surface area (Å²) in [7, 11) is 1.50. The van der Waals surface area contributed by atoms with E-state index in [1.807, 2.05) is 6.08 Å². The maximum absolute atomic E-state index is 11.8. The van der Waals surface area contributed by atoms with E-state index in [0.29, 0.717) is 5.75 Å². The van der Waals surface area contributed by atoms with Crippen LogP contribution in [0.15, 0.2) is 36.4 Å². The number of ether oxygens (including phenoxy) is 1. The van der Waals surface area contributed by atoms with E-state index in [2.05, 4.69) is 6.92 Å². The van der Waals surface area contributed by atoms with Crippen molar-refractivity contribution in [3.63, 3.8) is 0 Å². The van der Waals surface area contributed by atoms with Gasteiger partial charge in [0.1, 0.15) is 0 Å². The second-order valence-corrected chi connectivity index (χ2v) is 5.98. The number of aromatic hydroxyl groups is 1. The minimum Gasteiger partial charge on any atom is -0.504 e. The van der Waals surface area contributed by atoms with Gasteiger partial charge >= 0.3 is 0 Å². The van der Waals surface area contributed by atoms with Gasteiger partial charge in [-0.25, -0.2) is 0 Å². The molecule has 0 fully saturated rings. The van der Waals surface area contributed by atoms with E-state index >= 15 is 0 Å². The Labute approximate surface area is 146 Å². The lowest BCUT2D eigenvalue weighted by atomic mass is 10.1. The van der Waals surface area contributed by atoms with Gasteiger partial charge in [0.05, 0.1) is 7.11 Å². The summed E-state index contributed by atoms with van der Waals surface area (Å²) in [6, 6.07) is 4.99. The highest BCUT2D eigenvalue weighted by Gasteiger charge is 2.00. The van der Waals surface area contributed by atoms with E-state index in [-0.39, 0.29) is 11.5 Å². The fourth-order valence-electron chi connectivity index (χ4n) is 2.45. The number of phenolic OH excluding ortho intramolecular Hbond substituents is 1. The fraction of sp³-hybridized carbons (Fsp3) is 0.476. The molecule has 1 aromatic carbocycles. The molecule has 0 heterocycles. The summed E-state index contributed by atoms with van der Waals surface area (Å²) in [5.41, 5.74) is 0.818. The third kappa shape index (κ3) is 8.56.